The van der Waals surface area contributed by atoms with E-state index < -0.39 is 0 Å². The van der Waals surface area contributed by atoms with Gasteiger partial charge in [0.25, 0.3) is 6.01 Å². The van der Waals surface area contributed by atoms with Crippen LogP contribution in [0.5, 0.6) is 0 Å². The van der Waals surface area contributed by atoms with E-state index in [4.69, 9.17) is 16.0 Å². The zero-order chi connectivity index (χ0) is 11.7. The summed E-state index contributed by atoms with van der Waals surface area (Å²) in [6.45, 7) is 0.871. The molecule has 0 bridgehead atoms. The molecule has 3 rings (SSSR count). The Morgan fingerprint density at radius 1 is 1.53 bits per heavy atom. The number of hydrogen-bond acceptors (Lipinski definition) is 4. The third-order valence-corrected chi connectivity index (χ3v) is 3.85. The minimum atomic E-state index is 0.403. The molecule has 2 heterocycles. The molecule has 0 aliphatic heterocycles. The number of alkyl halides is 1. The van der Waals surface area contributed by atoms with Gasteiger partial charge in [0.1, 0.15) is 6.26 Å². The molecule has 1 fully saturated rings. The van der Waals surface area contributed by atoms with E-state index in [1.165, 1.54) is 18.4 Å². The standard InChI is InChI=1S/C12H13ClN2OS/c13-5-10-7-16-12(14-10)15(11-1-2-11)6-9-3-4-17-8-9/h3-4,7-8,11H,1-2,5-6H2. The number of hydrogen-bond donors (Lipinski definition) is 0. The Bertz CT molecular complexity index is 478. The Balaban J connectivity index is 1.79. The highest BCUT2D eigenvalue weighted by atomic mass is 35.5. The molecule has 0 unspecified atom stereocenters. The molecule has 1 aliphatic carbocycles. The second kappa shape index (κ2) is 4.70. The van der Waals surface area contributed by atoms with Gasteiger partial charge in [-0.25, -0.2) is 0 Å². The number of rotatable bonds is 5. The SMILES string of the molecule is ClCc1coc(N(Cc2ccsc2)C2CC2)n1. The highest BCUT2D eigenvalue weighted by Crippen LogP contribution is 2.33. The van der Waals surface area contributed by atoms with Crippen molar-refractivity contribution in [3.8, 4) is 0 Å². The summed E-state index contributed by atoms with van der Waals surface area (Å²) in [5.41, 5.74) is 2.12. The van der Waals surface area contributed by atoms with Crippen LogP contribution in [0.15, 0.2) is 27.5 Å². The van der Waals surface area contributed by atoms with E-state index in [-0.39, 0.29) is 0 Å². The van der Waals surface area contributed by atoms with Crippen molar-refractivity contribution in [2.24, 2.45) is 0 Å². The monoisotopic (exact) mass is 268 g/mol. The van der Waals surface area contributed by atoms with Gasteiger partial charge in [-0.15, -0.1) is 11.6 Å². The first kappa shape index (κ1) is 11.1. The molecule has 17 heavy (non-hydrogen) atoms. The van der Waals surface area contributed by atoms with Crippen LogP contribution in [-0.2, 0) is 12.4 Å². The van der Waals surface area contributed by atoms with Gasteiger partial charge in [0.15, 0.2) is 0 Å². The maximum absolute atomic E-state index is 5.74. The molecule has 2 aromatic heterocycles. The lowest BCUT2D eigenvalue weighted by molar-refractivity contribution is 0.528. The molecule has 0 spiro atoms. The predicted molar refractivity (Wildman–Crippen MR) is 69.6 cm³/mol. The summed E-state index contributed by atoms with van der Waals surface area (Å²) in [5, 5.41) is 4.26. The second-order valence-electron chi connectivity index (χ2n) is 4.25. The van der Waals surface area contributed by atoms with E-state index in [1.807, 2.05) is 0 Å². The van der Waals surface area contributed by atoms with Gasteiger partial charge in [-0.2, -0.15) is 16.3 Å². The molecule has 1 aliphatic rings. The topological polar surface area (TPSA) is 29.3 Å². The maximum atomic E-state index is 5.74. The van der Waals surface area contributed by atoms with Gasteiger partial charge in [0.05, 0.1) is 11.6 Å². The first-order valence-electron chi connectivity index (χ1n) is 5.65. The van der Waals surface area contributed by atoms with E-state index in [1.54, 1.807) is 17.6 Å². The van der Waals surface area contributed by atoms with Crippen LogP contribution in [0.25, 0.3) is 0 Å². The van der Waals surface area contributed by atoms with E-state index >= 15 is 0 Å². The van der Waals surface area contributed by atoms with E-state index in [9.17, 15) is 0 Å². The Kier molecular flexibility index (Phi) is 3.07. The number of halogens is 1. The molecule has 0 radical (unpaired) electrons. The van der Waals surface area contributed by atoms with Crippen LogP contribution in [0.1, 0.15) is 24.1 Å². The Morgan fingerprint density at radius 2 is 2.41 bits per heavy atom. The molecule has 2 aromatic rings. The highest BCUT2D eigenvalue weighted by molar-refractivity contribution is 7.07. The molecule has 0 N–H and O–H groups in total. The van der Waals surface area contributed by atoms with Crippen LogP contribution < -0.4 is 4.90 Å². The van der Waals surface area contributed by atoms with E-state index in [2.05, 4.69) is 26.7 Å². The van der Waals surface area contributed by atoms with Crippen LogP contribution in [0.3, 0.4) is 0 Å². The van der Waals surface area contributed by atoms with Crippen molar-refractivity contribution < 1.29 is 4.42 Å². The van der Waals surface area contributed by atoms with Crippen molar-refractivity contribution in [3.63, 3.8) is 0 Å². The van der Waals surface area contributed by atoms with Gasteiger partial charge >= 0.3 is 0 Å². The van der Waals surface area contributed by atoms with Gasteiger partial charge in [-0.05, 0) is 35.2 Å². The van der Waals surface area contributed by atoms with Gasteiger partial charge in [-0.1, -0.05) is 0 Å². The molecule has 5 heteroatoms. The average Bonchev–Trinajstić information content (AvgIpc) is 2.88. The highest BCUT2D eigenvalue weighted by Gasteiger charge is 2.32. The Hall–Kier alpha value is -1.00. The zero-order valence-corrected chi connectivity index (χ0v) is 10.9. The first-order valence-corrected chi connectivity index (χ1v) is 7.12. The summed E-state index contributed by atoms with van der Waals surface area (Å²) in [6, 6.07) is 3.43. The van der Waals surface area contributed by atoms with Crippen LogP contribution in [0.4, 0.5) is 6.01 Å². The quantitative estimate of drug-likeness (QED) is 0.776. The summed E-state index contributed by atoms with van der Waals surface area (Å²) in [6.07, 6.45) is 4.09. The molecule has 0 amide bonds. The summed E-state index contributed by atoms with van der Waals surface area (Å²) >= 11 is 7.46. The fraction of sp³-hybridized carbons (Fsp3) is 0.417. The lowest BCUT2D eigenvalue weighted by atomic mass is 10.3. The third kappa shape index (κ3) is 2.48. The minimum absolute atomic E-state index is 0.403. The Morgan fingerprint density at radius 3 is 3.00 bits per heavy atom. The summed E-state index contributed by atoms with van der Waals surface area (Å²) in [4.78, 5) is 6.64. The average molecular weight is 269 g/mol. The minimum Gasteiger partial charge on any atom is -0.432 e. The molecule has 90 valence electrons. The van der Waals surface area contributed by atoms with Gasteiger partial charge in [0, 0.05) is 12.6 Å². The largest absolute Gasteiger partial charge is 0.432 e. The summed E-state index contributed by atoms with van der Waals surface area (Å²) < 4.78 is 5.50. The Labute approximate surface area is 109 Å². The van der Waals surface area contributed by atoms with Gasteiger partial charge in [0.2, 0.25) is 0 Å². The number of thiophene rings is 1. The molecule has 1 saturated carbocycles. The fourth-order valence-corrected chi connectivity index (χ4v) is 2.59. The second-order valence-corrected chi connectivity index (χ2v) is 5.29. The smallest absolute Gasteiger partial charge is 0.298 e. The number of anilines is 1. The molecule has 0 atom stereocenters. The van der Waals surface area contributed by atoms with Crippen LogP contribution in [-0.4, -0.2) is 11.0 Å². The van der Waals surface area contributed by atoms with Crippen molar-refractivity contribution in [3.05, 3.63) is 34.3 Å². The number of nitrogens with zero attached hydrogens (tertiary/aromatic N) is 2. The molecular weight excluding hydrogens is 256 g/mol. The lowest BCUT2D eigenvalue weighted by Gasteiger charge is -2.19. The van der Waals surface area contributed by atoms with Crippen LogP contribution in [0.2, 0.25) is 0 Å². The van der Waals surface area contributed by atoms with Gasteiger partial charge in [-0.3, -0.25) is 0 Å². The molecule has 0 aromatic carbocycles. The summed E-state index contributed by atoms with van der Waals surface area (Å²) in [7, 11) is 0. The van der Waals surface area contributed by atoms with E-state index in [0.717, 1.165) is 12.2 Å². The van der Waals surface area contributed by atoms with Crippen molar-refractivity contribution in [2.75, 3.05) is 4.90 Å². The number of oxazole rings is 1. The lowest BCUT2D eigenvalue weighted by Crippen LogP contribution is -2.25. The maximum Gasteiger partial charge on any atom is 0.298 e. The predicted octanol–water partition coefficient (Wildman–Crippen LogP) is 3.64. The zero-order valence-electron chi connectivity index (χ0n) is 9.30. The van der Waals surface area contributed by atoms with Crippen molar-refractivity contribution in [2.45, 2.75) is 31.3 Å². The third-order valence-electron chi connectivity index (χ3n) is 2.84. The molecular formula is C12H13ClN2OS. The molecule has 0 saturated heterocycles. The first-order chi connectivity index (χ1) is 8.36. The summed E-state index contributed by atoms with van der Waals surface area (Å²) in [5.74, 6) is 0.403. The number of aromatic nitrogens is 1. The molecule has 3 nitrogen and oxygen atoms in total. The fourth-order valence-electron chi connectivity index (χ4n) is 1.81. The van der Waals surface area contributed by atoms with Gasteiger partial charge < -0.3 is 9.32 Å². The van der Waals surface area contributed by atoms with Crippen molar-refractivity contribution >= 4 is 29.0 Å². The van der Waals surface area contributed by atoms with Crippen LogP contribution >= 0.6 is 22.9 Å². The van der Waals surface area contributed by atoms with Crippen LogP contribution in [0, 0.1) is 0 Å². The normalized spacial score (nSPS) is 15.1. The van der Waals surface area contributed by atoms with Crippen molar-refractivity contribution in [1.29, 1.82) is 0 Å². The van der Waals surface area contributed by atoms with Crippen molar-refractivity contribution in [1.82, 2.24) is 4.98 Å². The van der Waals surface area contributed by atoms with E-state index in [0.29, 0.717) is 17.9 Å².